The Balaban J connectivity index is 1.88. The summed E-state index contributed by atoms with van der Waals surface area (Å²) in [7, 11) is 0. The van der Waals surface area contributed by atoms with Gasteiger partial charge in [0.2, 0.25) is 0 Å². The molecule has 0 bridgehead atoms. The molecule has 216 valence electrons. The van der Waals surface area contributed by atoms with Crippen LogP contribution in [0.1, 0.15) is 27.8 Å². The summed E-state index contributed by atoms with van der Waals surface area (Å²) in [5.41, 5.74) is -0.0301. The lowest BCUT2D eigenvalue weighted by Crippen LogP contribution is -2.18. The topological polar surface area (TPSA) is 37.4 Å². The number of aryl methyl sites for hydroxylation is 2. The predicted octanol–water partition coefficient (Wildman–Crippen LogP) is 10.0. The van der Waals surface area contributed by atoms with E-state index in [1.165, 1.54) is 12.1 Å². The zero-order valence-corrected chi connectivity index (χ0v) is 22.1. The van der Waals surface area contributed by atoms with Crippen LogP contribution in [0.2, 0.25) is 0 Å². The number of ether oxygens (including phenoxy) is 1. The quantitative estimate of drug-likeness (QED) is 0.118. The zero-order chi connectivity index (χ0) is 31.4. The maximum absolute atomic E-state index is 14.4. The molecule has 4 aromatic rings. The van der Waals surface area contributed by atoms with Gasteiger partial charge >= 0.3 is 12.5 Å². The van der Waals surface area contributed by atoms with Gasteiger partial charge in [0, 0.05) is 11.1 Å². The standard InChI is InChI=1S/C32H16F8N2O/c1-15-4-17(8-20(33)5-15)22-11-24-25-12-23(18-7-19(31(35,36)37)10-21(34)9-18)29(43-32(38,39)40)13-27(25)30(28(14-41)42-3)26(24)6-16(22)2/h4-13H,1-2H3/b30-28+. The molecule has 0 amide bonds. The third-order valence-electron chi connectivity index (χ3n) is 6.88. The summed E-state index contributed by atoms with van der Waals surface area (Å²) >= 11 is 0. The van der Waals surface area contributed by atoms with E-state index in [1.807, 2.05) is 0 Å². The number of nitrogens with zero attached hydrogens (tertiary/aromatic N) is 2. The number of hydrogen-bond acceptors (Lipinski definition) is 2. The van der Waals surface area contributed by atoms with Crippen molar-refractivity contribution in [3.63, 3.8) is 0 Å². The summed E-state index contributed by atoms with van der Waals surface area (Å²) in [6.45, 7) is 10.9. The first-order valence-corrected chi connectivity index (χ1v) is 12.4. The molecule has 0 N–H and O–H groups in total. The average Bonchev–Trinajstić information content (AvgIpc) is 3.18. The van der Waals surface area contributed by atoms with Crippen LogP contribution in [0.5, 0.6) is 5.75 Å². The minimum Gasteiger partial charge on any atom is -0.405 e. The Morgan fingerprint density at radius 3 is 1.86 bits per heavy atom. The van der Waals surface area contributed by atoms with E-state index in [-0.39, 0.29) is 22.8 Å². The number of fused-ring (bicyclic) bond motifs is 3. The highest BCUT2D eigenvalue weighted by atomic mass is 19.4. The van der Waals surface area contributed by atoms with Crippen LogP contribution in [0.4, 0.5) is 35.1 Å². The Labute approximate surface area is 239 Å². The highest BCUT2D eigenvalue weighted by molar-refractivity contribution is 6.06. The summed E-state index contributed by atoms with van der Waals surface area (Å²) in [4.78, 5) is 3.24. The van der Waals surface area contributed by atoms with Gasteiger partial charge in [-0.05, 0) is 112 Å². The minimum atomic E-state index is -5.30. The Bertz CT molecular complexity index is 1900. The number of rotatable bonds is 3. The predicted molar refractivity (Wildman–Crippen MR) is 142 cm³/mol. The van der Waals surface area contributed by atoms with Crippen molar-refractivity contribution in [2.45, 2.75) is 26.4 Å². The molecule has 0 unspecified atom stereocenters. The molecule has 0 aliphatic heterocycles. The van der Waals surface area contributed by atoms with Crippen LogP contribution in [0.15, 0.2) is 66.4 Å². The Kier molecular flexibility index (Phi) is 7.01. The molecule has 0 saturated carbocycles. The van der Waals surface area contributed by atoms with Crippen LogP contribution < -0.4 is 4.74 Å². The van der Waals surface area contributed by atoms with Crippen molar-refractivity contribution in [2.75, 3.05) is 0 Å². The van der Waals surface area contributed by atoms with Gasteiger partial charge in [-0.1, -0.05) is 12.1 Å². The van der Waals surface area contributed by atoms with Crippen molar-refractivity contribution in [2.24, 2.45) is 0 Å². The lowest BCUT2D eigenvalue weighted by Gasteiger charge is -2.17. The first-order valence-electron chi connectivity index (χ1n) is 12.4. The first kappa shape index (κ1) is 29.3. The van der Waals surface area contributed by atoms with Crippen molar-refractivity contribution in [1.82, 2.24) is 0 Å². The number of halogens is 8. The molecule has 1 aliphatic carbocycles. The number of hydrogen-bond donors (Lipinski definition) is 0. The highest BCUT2D eigenvalue weighted by Gasteiger charge is 2.36. The smallest absolute Gasteiger partial charge is 0.405 e. The summed E-state index contributed by atoms with van der Waals surface area (Å²) in [5, 5.41) is 9.70. The van der Waals surface area contributed by atoms with E-state index >= 15 is 0 Å². The monoisotopic (exact) mass is 596 g/mol. The summed E-state index contributed by atoms with van der Waals surface area (Å²) in [5.74, 6) is -2.82. The fraction of sp³-hybridized carbons (Fsp3) is 0.125. The van der Waals surface area contributed by atoms with E-state index < -0.39 is 52.3 Å². The van der Waals surface area contributed by atoms with Crippen LogP contribution in [-0.4, -0.2) is 6.36 Å². The molecule has 0 spiro atoms. The third kappa shape index (κ3) is 5.54. The third-order valence-corrected chi connectivity index (χ3v) is 6.88. The molecule has 0 saturated heterocycles. The summed E-state index contributed by atoms with van der Waals surface area (Å²) < 4.78 is 114. The second-order valence-corrected chi connectivity index (χ2v) is 9.85. The van der Waals surface area contributed by atoms with Gasteiger partial charge in [-0.3, -0.25) is 0 Å². The molecule has 1 aliphatic rings. The molecule has 0 radical (unpaired) electrons. The van der Waals surface area contributed by atoms with Gasteiger partial charge < -0.3 is 4.74 Å². The molecule has 0 fully saturated rings. The number of nitriles is 1. The lowest BCUT2D eigenvalue weighted by atomic mass is 9.92. The van der Waals surface area contributed by atoms with Crippen LogP contribution in [0.25, 0.3) is 43.8 Å². The van der Waals surface area contributed by atoms with E-state index in [0.717, 1.165) is 12.1 Å². The van der Waals surface area contributed by atoms with Gasteiger partial charge in [-0.15, -0.1) is 13.2 Å². The van der Waals surface area contributed by atoms with Crippen LogP contribution >= 0.6 is 0 Å². The van der Waals surface area contributed by atoms with E-state index in [9.17, 15) is 40.4 Å². The van der Waals surface area contributed by atoms with Gasteiger partial charge in [0.05, 0.1) is 18.2 Å². The average molecular weight is 596 g/mol. The van der Waals surface area contributed by atoms with Crippen LogP contribution in [0, 0.1) is 43.4 Å². The van der Waals surface area contributed by atoms with Crippen LogP contribution in [0.3, 0.4) is 0 Å². The molecule has 11 heteroatoms. The molecule has 43 heavy (non-hydrogen) atoms. The molecular weight excluding hydrogens is 580 g/mol. The molecule has 5 rings (SSSR count). The highest BCUT2D eigenvalue weighted by Crippen LogP contribution is 2.52. The fourth-order valence-electron chi connectivity index (χ4n) is 5.23. The lowest BCUT2D eigenvalue weighted by molar-refractivity contribution is -0.274. The molecule has 0 aromatic heterocycles. The van der Waals surface area contributed by atoms with Crippen LogP contribution in [-0.2, 0) is 6.18 Å². The van der Waals surface area contributed by atoms with E-state index in [2.05, 4.69) is 9.58 Å². The van der Waals surface area contributed by atoms with Crippen molar-refractivity contribution < 1.29 is 39.9 Å². The van der Waals surface area contributed by atoms with Gasteiger partial charge in [0.1, 0.15) is 17.4 Å². The first-order chi connectivity index (χ1) is 20.1. The fourth-order valence-corrected chi connectivity index (χ4v) is 5.23. The van der Waals surface area contributed by atoms with Gasteiger partial charge in [-0.2, -0.15) is 13.2 Å². The normalized spacial score (nSPS) is 13.6. The van der Waals surface area contributed by atoms with E-state index in [1.54, 1.807) is 38.1 Å². The number of alkyl halides is 6. The summed E-state index contributed by atoms with van der Waals surface area (Å²) in [6.07, 6.45) is -10.3. The Morgan fingerprint density at radius 1 is 0.721 bits per heavy atom. The minimum absolute atomic E-state index is 0.0126. The molecule has 0 atom stereocenters. The van der Waals surface area contributed by atoms with Gasteiger partial charge in [0.25, 0.3) is 5.70 Å². The van der Waals surface area contributed by atoms with E-state index in [0.29, 0.717) is 45.5 Å². The van der Waals surface area contributed by atoms with Gasteiger partial charge in [0.15, 0.2) is 0 Å². The maximum Gasteiger partial charge on any atom is 0.573 e. The van der Waals surface area contributed by atoms with Crippen molar-refractivity contribution in [3.8, 4) is 45.2 Å². The van der Waals surface area contributed by atoms with Crippen molar-refractivity contribution in [3.05, 3.63) is 117 Å². The number of allylic oxidation sites excluding steroid dienone is 1. The second kappa shape index (κ2) is 10.3. The molecular formula is C32H16F8N2O. The summed E-state index contributed by atoms with van der Waals surface area (Å²) in [6, 6.07) is 12.6. The molecule has 4 aromatic carbocycles. The van der Waals surface area contributed by atoms with Crippen molar-refractivity contribution >= 4 is 5.57 Å². The number of benzene rings is 4. The SMILES string of the molecule is [C-]#[N+]/C(C#N)=C1\c2cc(C)c(-c3cc(C)cc(F)c3)cc2-c2cc(-c3cc(F)cc(C(F)(F)F)c3)c(OC(F)(F)F)cc21. The van der Waals surface area contributed by atoms with Gasteiger partial charge in [-0.25, -0.2) is 18.9 Å². The van der Waals surface area contributed by atoms with Crippen molar-refractivity contribution in [1.29, 1.82) is 5.26 Å². The largest absolute Gasteiger partial charge is 0.573 e. The molecule has 0 heterocycles. The Hall–Kier alpha value is -5.16. The molecule has 3 nitrogen and oxygen atoms in total. The second-order valence-electron chi connectivity index (χ2n) is 9.85. The Morgan fingerprint density at radius 2 is 1.30 bits per heavy atom. The van der Waals surface area contributed by atoms with E-state index in [4.69, 9.17) is 6.57 Å². The zero-order valence-electron chi connectivity index (χ0n) is 22.1. The maximum atomic E-state index is 14.4.